The van der Waals surface area contributed by atoms with Gasteiger partial charge in [-0.1, -0.05) is 23.4 Å². The van der Waals surface area contributed by atoms with Crippen molar-refractivity contribution in [1.82, 2.24) is 4.31 Å². The van der Waals surface area contributed by atoms with Crippen molar-refractivity contribution in [2.24, 2.45) is 0 Å². The van der Waals surface area contributed by atoms with Crippen molar-refractivity contribution < 1.29 is 13.5 Å². The van der Waals surface area contributed by atoms with E-state index in [-0.39, 0.29) is 16.5 Å². The molecule has 1 aliphatic heterocycles. The fraction of sp³-hybridized carbons (Fsp3) is 0.429. The van der Waals surface area contributed by atoms with Crippen LogP contribution < -0.4 is 0 Å². The van der Waals surface area contributed by atoms with E-state index in [9.17, 15) is 8.42 Å². The lowest BCUT2D eigenvalue weighted by Crippen LogP contribution is -2.37. The first-order valence-electron chi connectivity index (χ1n) is 6.53. The van der Waals surface area contributed by atoms with Crippen LogP contribution >= 0.6 is 23.4 Å². The molecule has 1 fully saturated rings. The van der Waals surface area contributed by atoms with Crippen LogP contribution in [0.1, 0.15) is 12.0 Å². The van der Waals surface area contributed by atoms with Crippen LogP contribution in [-0.4, -0.2) is 49.0 Å². The maximum atomic E-state index is 12.5. The number of sulfonamides is 1. The minimum absolute atomic E-state index is 0.000165. The zero-order chi connectivity index (χ0) is 15.3. The van der Waals surface area contributed by atoms with Crippen molar-refractivity contribution in [3.63, 3.8) is 0 Å². The number of benzene rings is 1. The van der Waals surface area contributed by atoms with Crippen LogP contribution in [0.15, 0.2) is 23.1 Å². The van der Waals surface area contributed by atoms with E-state index in [0.29, 0.717) is 25.1 Å². The summed E-state index contributed by atoms with van der Waals surface area (Å²) in [5.41, 5.74) is 0.640. The second-order valence-electron chi connectivity index (χ2n) is 4.44. The van der Waals surface area contributed by atoms with Crippen molar-refractivity contribution >= 4 is 33.4 Å². The Hall–Kier alpha value is -0.710. The van der Waals surface area contributed by atoms with Gasteiger partial charge < -0.3 is 5.11 Å². The summed E-state index contributed by atoms with van der Waals surface area (Å²) in [6.45, 7) is 1.03. The second-order valence-corrected chi connectivity index (χ2v) is 7.98. The van der Waals surface area contributed by atoms with Gasteiger partial charge in [-0.2, -0.15) is 16.1 Å². The van der Waals surface area contributed by atoms with Crippen LogP contribution in [0, 0.1) is 11.8 Å². The molecule has 1 N–H and O–H groups in total. The van der Waals surface area contributed by atoms with E-state index >= 15 is 0 Å². The molecule has 0 saturated carbocycles. The molecule has 0 bridgehead atoms. The molecule has 0 amide bonds. The molecule has 21 heavy (non-hydrogen) atoms. The van der Waals surface area contributed by atoms with Gasteiger partial charge in [0.05, 0.1) is 11.6 Å². The van der Waals surface area contributed by atoms with Gasteiger partial charge in [-0.05, 0) is 18.2 Å². The fourth-order valence-corrected chi connectivity index (χ4v) is 5.03. The van der Waals surface area contributed by atoms with Gasteiger partial charge in [-0.15, -0.1) is 0 Å². The highest BCUT2D eigenvalue weighted by molar-refractivity contribution is 7.99. The van der Waals surface area contributed by atoms with Gasteiger partial charge in [-0.25, -0.2) is 8.42 Å². The lowest BCUT2D eigenvalue weighted by molar-refractivity contribution is 0.305. The average molecular weight is 346 g/mol. The molecule has 2 rings (SSSR count). The van der Waals surface area contributed by atoms with Gasteiger partial charge >= 0.3 is 0 Å². The largest absolute Gasteiger partial charge is 0.395 e. The summed E-state index contributed by atoms with van der Waals surface area (Å²) in [5, 5.41) is 8.86. The molecule has 0 aliphatic carbocycles. The minimum atomic E-state index is -3.53. The summed E-state index contributed by atoms with van der Waals surface area (Å²) in [4.78, 5) is 0.128. The molecule has 7 heteroatoms. The number of rotatable bonds is 3. The van der Waals surface area contributed by atoms with E-state index in [1.54, 1.807) is 23.9 Å². The third-order valence-corrected chi connectivity index (χ3v) is 6.31. The monoisotopic (exact) mass is 345 g/mol. The second kappa shape index (κ2) is 7.52. The van der Waals surface area contributed by atoms with Crippen molar-refractivity contribution in [1.29, 1.82) is 0 Å². The van der Waals surface area contributed by atoms with Gasteiger partial charge in [0.25, 0.3) is 0 Å². The average Bonchev–Trinajstić information content (AvgIpc) is 2.48. The minimum Gasteiger partial charge on any atom is -0.395 e. The van der Waals surface area contributed by atoms with Gasteiger partial charge in [-0.3, -0.25) is 0 Å². The molecule has 0 radical (unpaired) electrons. The molecule has 1 aromatic rings. The summed E-state index contributed by atoms with van der Waals surface area (Å²) in [6.07, 6.45) is 0.378. The number of hydrogen-bond acceptors (Lipinski definition) is 4. The van der Waals surface area contributed by atoms with E-state index in [1.807, 2.05) is 0 Å². The first kappa shape index (κ1) is 16.7. The molecule has 0 spiro atoms. The first-order valence-corrected chi connectivity index (χ1v) is 9.50. The van der Waals surface area contributed by atoms with E-state index in [2.05, 4.69) is 11.8 Å². The number of aliphatic hydroxyl groups is 1. The highest BCUT2D eigenvalue weighted by Gasteiger charge is 2.28. The number of aliphatic hydroxyl groups excluding tert-OH is 1. The third kappa shape index (κ3) is 4.15. The quantitative estimate of drug-likeness (QED) is 0.849. The SMILES string of the molecule is O=S(=O)(c1ccc(C#CCCO)cc1Cl)N1CCSCC1. The molecule has 0 atom stereocenters. The van der Waals surface area contributed by atoms with Crippen LogP contribution in [0.4, 0.5) is 0 Å². The molecule has 1 aromatic carbocycles. The maximum Gasteiger partial charge on any atom is 0.244 e. The summed E-state index contributed by atoms with van der Waals surface area (Å²) in [5.74, 6) is 7.23. The summed E-state index contributed by atoms with van der Waals surface area (Å²) >= 11 is 7.87. The van der Waals surface area contributed by atoms with E-state index in [0.717, 1.165) is 11.5 Å². The van der Waals surface area contributed by atoms with Crippen LogP contribution in [0.2, 0.25) is 5.02 Å². The molecule has 114 valence electrons. The Morgan fingerprint density at radius 3 is 2.67 bits per heavy atom. The van der Waals surface area contributed by atoms with Crippen LogP contribution in [0.3, 0.4) is 0 Å². The van der Waals surface area contributed by atoms with Gasteiger partial charge in [0.1, 0.15) is 4.90 Å². The van der Waals surface area contributed by atoms with Gasteiger partial charge in [0.15, 0.2) is 0 Å². The number of thioether (sulfide) groups is 1. The third-order valence-electron chi connectivity index (χ3n) is 2.99. The Balaban J connectivity index is 2.26. The van der Waals surface area contributed by atoms with Crippen LogP contribution in [-0.2, 0) is 10.0 Å². The number of hydrogen-bond donors (Lipinski definition) is 1. The van der Waals surface area contributed by atoms with Gasteiger partial charge in [0.2, 0.25) is 10.0 Å². The van der Waals surface area contributed by atoms with E-state index in [4.69, 9.17) is 16.7 Å². The smallest absolute Gasteiger partial charge is 0.244 e. The van der Waals surface area contributed by atoms with Crippen molar-refractivity contribution in [2.75, 3.05) is 31.2 Å². The number of halogens is 1. The van der Waals surface area contributed by atoms with Crippen molar-refractivity contribution in [3.8, 4) is 11.8 Å². The Bertz CT molecular complexity index is 659. The van der Waals surface area contributed by atoms with E-state index < -0.39 is 10.0 Å². The maximum absolute atomic E-state index is 12.5. The summed E-state index contributed by atoms with van der Waals surface area (Å²) in [6, 6.07) is 4.70. The Labute approximate surface area is 134 Å². The predicted molar refractivity (Wildman–Crippen MR) is 86.1 cm³/mol. The fourth-order valence-electron chi connectivity index (χ4n) is 1.93. The molecule has 1 heterocycles. The lowest BCUT2D eigenvalue weighted by Gasteiger charge is -2.26. The Kier molecular flexibility index (Phi) is 5.97. The molecular formula is C14H16ClNO3S2. The lowest BCUT2D eigenvalue weighted by atomic mass is 10.2. The molecule has 0 unspecified atom stereocenters. The Morgan fingerprint density at radius 2 is 2.05 bits per heavy atom. The summed E-state index contributed by atoms with van der Waals surface area (Å²) < 4.78 is 26.6. The number of nitrogens with zero attached hydrogens (tertiary/aromatic N) is 1. The van der Waals surface area contributed by atoms with Crippen molar-refractivity contribution in [3.05, 3.63) is 28.8 Å². The Morgan fingerprint density at radius 1 is 1.33 bits per heavy atom. The summed E-state index contributed by atoms with van der Waals surface area (Å²) in [7, 11) is -3.53. The predicted octanol–water partition coefficient (Wildman–Crippen LogP) is 1.81. The standard InChI is InChI=1S/C14H16ClNO3S2/c15-13-11-12(3-1-2-8-17)4-5-14(13)21(18,19)16-6-9-20-10-7-16/h4-5,11,17H,2,6-10H2. The van der Waals surface area contributed by atoms with Crippen LogP contribution in [0.25, 0.3) is 0 Å². The molecule has 0 aromatic heterocycles. The molecule has 4 nitrogen and oxygen atoms in total. The first-order chi connectivity index (χ1) is 10.1. The van der Waals surface area contributed by atoms with Crippen LogP contribution in [0.5, 0.6) is 0 Å². The zero-order valence-corrected chi connectivity index (χ0v) is 13.8. The van der Waals surface area contributed by atoms with E-state index in [1.165, 1.54) is 10.4 Å². The normalized spacial score (nSPS) is 16.3. The molecular weight excluding hydrogens is 330 g/mol. The molecule has 1 saturated heterocycles. The van der Waals surface area contributed by atoms with Gasteiger partial charge in [0, 0.05) is 36.6 Å². The zero-order valence-electron chi connectivity index (χ0n) is 11.4. The van der Waals surface area contributed by atoms with Crippen molar-refractivity contribution in [2.45, 2.75) is 11.3 Å². The highest BCUT2D eigenvalue weighted by Crippen LogP contribution is 2.27. The highest BCUT2D eigenvalue weighted by atomic mass is 35.5. The topological polar surface area (TPSA) is 57.6 Å². The molecule has 1 aliphatic rings.